The van der Waals surface area contributed by atoms with E-state index in [0.717, 1.165) is 19.1 Å². The van der Waals surface area contributed by atoms with Gasteiger partial charge in [-0.1, -0.05) is 0 Å². The molecule has 1 aliphatic rings. The fourth-order valence-corrected chi connectivity index (χ4v) is 2.84. The molecule has 8 heteroatoms. The van der Waals surface area contributed by atoms with Gasteiger partial charge in [0.15, 0.2) is 0 Å². The molecule has 1 rings (SSSR count). The highest BCUT2D eigenvalue weighted by Crippen LogP contribution is 2.33. The number of amides is 1. The van der Waals surface area contributed by atoms with Crippen molar-refractivity contribution in [2.24, 2.45) is 5.41 Å². The van der Waals surface area contributed by atoms with Crippen LogP contribution in [0.4, 0.5) is 0 Å². The quantitative estimate of drug-likeness (QED) is 0.640. The summed E-state index contributed by atoms with van der Waals surface area (Å²) >= 11 is 0. The molecule has 0 aromatic carbocycles. The van der Waals surface area contributed by atoms with E-state index >= 15 is 0 Å². The van der Waals surface area contributed by atoms with Crippen LogP contribution in [0.2, 0.25) is 0 Å². The van der Waals surface area contributed by atoms with Crippen LogP contribution in [0.3, 0.4) is 0 Å². The number of nitrogens with zero attached hydrogens (tertiary/aromatic N) is 1. The average molecular weight is 308 g/mol. The van der Waals surface area contributed by atoms with Gasteiger partial charge in [-0.15, -0.1) is 0 Å². The zero-order valence-electron chi connectivity index (χ0n) is 12.1. The summed E-state index contributed by atoms with van der Waals surface area (Å²) < 4.78 is 29.3. The maximum atomic E-state index is 12.0. The minimum atomic E-state index is -3.37. The van der Waals surface area contributed by atoms with Crippen LogP contribution in [0.25, 0.3) is 0 Å². The Morgan fingerprint density at radius 3 is 2.75 bits per heavy atom. The average Bonchev–Trinajstić information content (AvgIpc) is 2.42. The Kier molecular flexibility index (Phi) is 6.38. The number of hydrogen-bond donors (Lipinski definition) is 2. The SMILES string of the molecule is COCCC1(CO)CCCN(C(=O)CNS(C)(=O)=O)C1. The molecule has 0 aromatic rings. The van der Waals surface area contributed by atoms with Crippen molar-refractivity contribution in [1.82, 2.24) is 9.62 Å². The first kappa shape index (κ1) is 17.4. The van der Waals surface area contributed by atoms with Crippen LogP contribution in [0, 0.1) is 5.41 Å². The lowest BCUT2D eigenvalue weighted by Crippen LogP contribution is -2.50. The number of sulfonamides is 1. The van der Waals surface area contributed by atoms with Gasteiger partial charge in [0.05, 0.1) is 19.4 Å². The molecule has 1 atom stereocenters. The standard InChI is InChI=1S/C12H24N2O5S/c1-19-7-5-12(10-15)4-3-6-14(9-12)11(16)8-13-20(2,17)18/h13,15H,3-10H2,1-2H3. The third kappa shape index (κ3) is 5.35. The van der Waals surface area contributed by atoms with E-state index in [2.05, 4.69) is 4.72 Å². The highest BCUT2D eigenvalue weighted by Gasteiger charge is 2.36. The molecule has 2 N–H and O–H groups in total. The zero-order valence-corrected chi connectivity index (χ0v) is 12.9. The summed E-state index contributed by atoms with van der Waals surface area (Å²) in [6, 6.07) is 0. The Morgan fingerprint density at radius 1 is 1.50 bits per heavy atom. The Labute approximate surface area is 120 Å². The summed E-state index contributed by atoms with van der Waals surface area (Å²) in [5.41, 5.74) is -0.338. The summed E-state index contributed by atoms with van der Waals surface area (Å²) in [7, 11) is -1.77. The van der Waals surface area contributed by atoms with Crippen molar-refractivity contribution < 1.29 is 23.1 Å². The maximum absolute atomic E-state index is 12.0. The first-order chi connectivity index (χ1) is 9.32. The predicted molar refractivity (Wildman–Crippen MR) is 74.7 cm³/mol. The van der Waals surface area contributed by atoms with Crippen LogP contribution < -0.4 is 4.72 Å². The van der Waals surface area contributed by atoms with Gasteiger partial charge in [0, 0.05) is 32.2 Å². The zero-order chi connectivity index (χ0) is 15.2. The van der Waals surface area contributed by atoms with E-state index in [1.165, 1.54) is 0 Å². The van der Waals surface area contributed by atoms with E-state index in [9.17, 15) is 18.3 Å². The van der Waals surface area contributed by atoms with Gasteiger partial charge in [0.2, 0.25) is 15.9 Å². The van der Waals surface area contributed by atoms with Crippen LogP contribution in [-0.4, -0.2) is 70.5 Å². The number of carbonyl (C=O) groups excluding carboxylic acids is 1. The van der Waals surface area contributed by atoms with Gasteiger partial charge < -0.3 is 14.7 Å². The molecule has 1 heterocycles. The molecule has 1 fully saturated rings. The first-order valence-corrected chi connectivity index (χ1v) is 8.53. The molecule has 1 amide bonds. The molecule has 0 aliphatic carbocycles. The highest BCUT2D eigenvalue weighted by atomic mass is 32.2. The molecule has 0 saturated carbocycles. The van der Waals surface area contributed by atoms with E-state index < -0.39 is 10.0 Å². The number of methoxy groups -OCH3 is 1. The number of hydrogen-bond acceptors (Lipinski definition) is 5. The Morgan fingerprint density at radius 2 is 2.20 bits per heavy atom. The second-order valence-corrected chi connectivity index (χ2v) is 7.25. The topological polar surface area (TPSA) is 95.9 Å². The summed E-state index contributed by atoms with van der Waals surface area (Å²) in [6.45, 7) is 1.34. The van der Waals surface area contributed by atoms with Crippen molar-refractivity contribution >= 4 is 15.9 Å². The van der Waals surface area contributed by atoms with Gasteiger partial charge in [0.1, 0.15) is 0 Å². The lowest BCUT2D eigenvalue weighted by atomic mass is 9.78. The summed E-state index contributed by atoms with van der Waals surface area (Å²) in [5, 5.41) is 9.62. The molecule has 0 radical (unpaired) electrons. The second kappa shape index (κ2) is 7.35. The molecule has 0 spiro atoms. The molecule has 118 valence electrons. The van der Waals surface area contributed by atoms with Crippen LogP contribution in [0.5, 0.6) is 0 Å². The van der Waals surface area contributed by atoms with Gasteiger partial charge in [-0.3, -0.25) is 4.79 Å². The first-order valence-electron chi connectivity index (χ1n) is 6.64. The van der Waals surface area contributed by atoms with Crippen LogP contribution >= 0.6 is 0 Å². The van der Waals surface area contributed by atoms with E-state index in [4.69, 9.17) is 4.74 Å². The van der Waals surface area contributed by atoms with Crippen LogP contribution in [0.1, 0.15) is 19.3 Å². The molecule has 1 aliphatic heterocycles. The van der Waals surface area contributed by atoms with Gasteiger partial charge in [-0.25, -0.2) is 13.1 Å². The Balaban J connectivity index is 2.60. The lowest BCUT2D eigenvalue weighted by molar-refractivity contribution is -0.134. The normalized spacial score (nSPS) is 23.9. The van der Waals surface area contributed by atoms with Crippen LogP contribution in [0.15, 0.2) is 0 Å². The third-order valence-corrected chi connectivity index (χ3v) is 4.34. The largest absolute Gasteiger partial charge is 0.396 e. The van der Waals surface area contributed by atoms with Crippen molar-refractivity contribution in [3.8, 4) is 0 Å². The number of aliphatic hydroxyl groups is 1. The highest BCUT2D eigenvalue weighted by molar-refractivity contribution is 7.88. The molecule has 1 unspecified atom stereocenters. The number of likely N-dealkylation sites (tertiary alicyclic amines) is 1. The van der Waals surface area contributed by atoms with Gasteiger partial charge in [-0.2, -0.15) is 0 Å². The number of carbonyl (C=O) groups is 1. The number of aliphatic hydroxyl groups excluding tert-OH is 1. The van der Waals surface area contributed by atoms with E-state index in [1.54, 1.807) is 12.0 Å². The van der Waals surface area contributed by atoms with Gasteiger partial charge >= 0.3 is 0 Å². The van der Waals surface area contributed by atoms with Crippen molar-refractivity contribution in [3.05, 3.63) is 0 Å². The van der Waals surface area contributed by atoms with Gasteiger partial charge in [-0.05, 0) is 19.3 Å². The summed E-state index contributed by atoms with van der Waals surface area (Å²) in [5.74, 6) is -0.259. The number of ether oxygens (including phenoxy) is 1. The van der Waals surface area contributed by atoms with Crippen molar-refractivity contribution in [1.29, 1.82) is 0 Å². The minimum Gasteiger partial charge on any atom is -0.396 e. The van der Waals surface area contributed by atoms with E-state index in [1.807, 2.05) is 0 Å². The smallest absolute Gasteiger partial charge is 0.237 e. The number of rotatable bonds is 7. The molecule has 7 nitrogen and oxygen atoms in total. The maximum Gasteiger partial charge on any atom is 0.237 e. The van der Waals surface area contributed by atoms with Gasteiger partial charge in [0.25, 0.3) is 0 Å². The molecule has 0 bridgehead atoms. The van der Waals surface area contributed by atoms with E-state index in [-0.39, 0.29) is 24.5 Å². The van der Waals surface area contributed by atoms with Crippen molar-refractivity contribution in [2.45, 2.75) is 19.3 Å². The second-order valence-electron chi connectivity index (χ2n) is 5.41. The summed E-state index contributed by atoms with van der Waals surface area (Å²) in [4.78, 5) is 13.6. The molecule has 0 aromatic heterocycles. The molecule has 20 heavy (non-hydrogen) atoms. The fourth-order valence-electron chi connectivity index (χ4n) is 2.46. The van der Waals surface area contributed by atoms with E-state index in [0.29, 0.717) is 26.1 Å². The summed E-state index contributed by atoms with van der Waals surface area (Å²) in [6.07, 6.45) is 3.35. The Hall–Kier alpha value is -0.700. The minimum absolute atomic E-state index is 0.000352. The van der Waals surface area contributed by atoms with Crippen LogP contribution in [-0.2, 0) is 19.6 Å². The molecular weight excluding hydrogens is 284 g/mol. The number of nitrogens with one attached hydrogen (secondary N) is 1. The predicted octanol–water partition coefficient (Wildman–Crippen LogP) is -0.827. The number of piperidine rings is 1. The fraction of sp³-hybridized carbons (Fsp3) is 0.917. The lowest BCUT2D eigenvalue weighted by Gasteiger charge is -2.41. The van der Waals surface area contributed by atoms with Crippen molar-refractivity contribution in [2.75, 3.05) is 46.2 Å². The molecule has 1 saturated heterocycles. The molecular formula is C12H24N2O5S. The third-order valence-electron chi connectivity index (χ3n) is 3.67. The van der Waals surface area contributed by atoms with Crippen molar-refractivity contribution in [3.63, 3.8) is 0 Å². The monoisotopic (exact) mass is 308 g/mol. The Bertz CT molecular complexity index is 426.